The second-order valence-electron chi connectivity index (χ2n) is 3.09. The van der Waals surface area contributed by atoms with Crippen molar-refractivity contribution in [2.75, 3.05) is 0 Å². The number of hydrogen-bond donors (Lipinski definition) is 0. The first-order chi connectivity index (χ1) is 5.79. The fraction of sp³-hybridized carbons (Fsp3) is 0.400. The van der Waals surface area contributed by atoms with Crippen molar-refractivity contribution in [1.82, 2.24) is 14.5 Å². The molecule has 3 heteroatoms. The van der Waals surface area contributed by atoms with Gasteiger partial charge in [0.15, 0.2) is 5.65 Å². The van der Waals surface area contributed by atoms with Gasteiger partial charge in [-0.25, -0.2) is 9.97 Å². The van der Waals surface area contributed by atoms with E-state index in [2.05, 4.69) is 28.4 Å². The van der Waals surface area contributed by atoms with Gasteiger partial charge in [-0.2, -0.15) is 0 Å². The van der Waals surface area contributed by atoms with Crippen LogP contribution in [0, 0.1) is 0 Å². The Kier molecular flexibility index (Phi) is 2.66. The van der Waals surface area contributed by atoms with Crippen LogP contribution in [0.3, 0.4) is 0 Å². The molecule has 0 unspecified atom stereocenters. The number of rotatable bonds is 1. The van der Waals surface area contributed by atoms with Gasteiger partial charge in [0, 0.05) is 12.2 Å². The lowest BCUT2D eigenvalue weighted by atomic mass is 10.4. The SMILES string of the molecule is C.CC(C)n1cnc2cccnc21. The van der Waals surface area contributed by atoms with Gasteiger partial charge in [-0.05, 0) is 26.0 Å². The van der Waals surface area contributed by atoms with Gasteiger partial charge in [0.25, 0.3) is 0 Å². The Morgan fingerprint density at radius 3 is 2.77 bits per heavy atom. The largest absolute Gasteiger partial charge is 0.313 e. The maximum Gasteiger partial charge on any atom is 0.160 e. The van der Waals surface area contributed by atoms with Crippen molar-refractivity contribution in [3.05, 3.63) is 24.7 Å². The quantitative estimate of drug-likeness (QED) is 0.670. The molecule has 0 aromatic carbocycles. The summed E-state index contributed by atoms with van der Waals surface area (Å²) in [6, 6.07) is 4.30. The molecule has 2 aromatic rings. The molecule has 0 atom stereocenters. The summed E-state index contributed by atoms with van der Waals surface area (Å²) in [7, 11) is 0. The van der Waals surface area contributed by atoms with Crippen LogP contribution in [0.1, 0.15) is 27.3 Å². The Morgan fingerprint density at radius 2 is 2.08 bits per heavy atom. The Bertz CT molecular complexity index is 390. The molecule has 70 valence electrons. The van der Waals surface area contributed by atoms with Crippen LogP contribution in [0.5, 0.6) is 0 Å². The first-order valence-electron chi connectivity index (χ1n) is 4.06. The van der Waals surface area contributed by atoms with Crippen molar-refractivity contribution in [3.8, 4) is 0 Å². The first kappa shape index (κ1) is 9.71. The van der Waals surface area contributed by atoms with Crippen molar-refractivity contribution in [2.45, 2.75) is 27.3 Å². The molecule has 0 N–H and O–H groups in total. The second kappa shape index (κ2) is 3.56. The Balaban J connectivity index is 0.000000845. The molecule has 13 heavy (non-hydrogen) atoms. The van der Waals surface area contributed by atoms with Crippen LogP contribution < -0.4 is 0 Å². The number of aromatic nitrogens is 3. The fourth-order valence-electron chi connectivity index (χ4n) is 1.25. The Hall–Kier alpha value is -1.38. The highest BCUT2D eigenvalue weighted by Gasteiger charge is 2.04. The third kappa shape index (κ3) is 1.54. The number of pyridine rings is 1. The van der Waals surface area contributed by atoms with E-state index in [0.717, 1.165) is 11.2 Å². The normalized spacial score (nSPS) is 10.4. The Labute approximate surface area is 78.4 Å². The zero-order valence-corrected chi connectivity index (χ0v) is 7.23. The van der Waals surface area contributed by atoms with Gasteiger partial charge in [-0.15, -0.1) is 0 Å². The molecule has 3 nitrogen and oxygen atoms in total. The number of imidazole rings is 1. The lowest BCUT2D eigenvalue weighted by Crippen LogP contribution is -1.98. The van der Waals surface area contributed by atoms with Gasteiger partial charge in [-0.3, -0.25) is 0 Å². The number of nitrogens with zero attached hydrogens (tertiary/aromatic N) is 3. The van der Waals surface area contributed by atoms with Crippen LogP contribution in [0.4, 0.5) is 0 Å². The summed E-state index contributed by atoms with van der Waals surface area (Å²) in [6.07, 6.45) is 3.63. The van der Waals surface area contributed by atoms with E-state index in [1.807, 2.05) is 18.5 Å². The fourth-order valence-corrected chi connectivity index (χ4v) is 1.25. The summed E-state index contributed by atoms with van der Waals surface area (Å²) >= 11 is 0. The summed E-state index contributed by atoms with van der Waals surface area (Å²) < 4.78 is 2.06. The zero-order chi connectivity index (χ0) is 8.55. The molecule has 0 aliphatic rings. The second-order valence-corrected chi connectivity index (χ2v) is 3.09. The monoisotopic (exact) mass is 177 g/mol. The smallest absolute Gasteiger partial charge is 0.160 e. The molecule has 0 saturated carbocycles. The summed E-state index contributed by atoms with van der Waals surface area (Å²) in [5.41, 5.74) is 1.93. The predicted molar refractivity (Wildman–Crippen MR) is 54.6 cm³/mol. The van der Waals surface area contributed by atoms with E-state index in [-0.39, 0.29) is 7.43 Å². The van der Waals surface area contributed by atoms with Crippen molar-refractivity contribution < 1.29 is 0 Å². The van der Waals surface area contributed by atoms with Crippen LogP contribution in [0.25, 0.3) is 11.2 Å². The van der Waals surface area contributed by atoms with Crippen LogP contribution in [0.15, 0.2) is 24.7 Å². The van der Waals surface area contributed by atoms with Gasteiger partial charge in [0.2, 0.25) is 0 Å². The molecule has 0 spiro atoms. The van der Waals surface area contributed by atoms with E-state index in [9.17, 15) is 0 Å². The van der Waals surface area contributed by atoms with Crippen molar-refractivity contribution in [2.24, 2.45) is 0 Å². The molecule has 2 heterocycles. The molecule has 0 saturated heterocycles. The minimum Gasteiger partial charge on any atom is -0.313 e. The van der Waals surface area contributed by atoms with E-state index in [1.54, 1.807) is 6.20 Å². The molecule has 2 rings (SSSR count). The zero-order valence-electron chi connectivity index (χ0n) is 7.23. The molecule has 2 aromatic heterocycles. The van der Waals surface area contributed by atoms with Gasteiger partial charge >= 0.3 is 0 Å². The van der Waals surface area contributed by atoms with Gasteiger partial charge < -0.3 is 4.57 Å². The van der Waals surface area contributed by atoms with Crippen LogP contribution >= 0.6 is 0 Å². The highest BCUT2D eigenvalue weighted by molar-refractivity contribution is 5.70. The number of hydrogen-bond acceptors (Lipinski definition) is 2. The van der Waals surface area contributed by atoms with Crippen LogP contribution in [-0.2, 0) is 0 Å². The van der Waals surface area contributed by atoms with Crippen LogP contribution in [0.2, 0.25) is 0 Å². The first-order valence-corrected chi connectivity index (χ1v) is 4.06. The lowest BCUT2D eigenvalue weighted by Gasteiger charge is -2.05. The van der Waals surface area contributed by atoms with E-state index in [1.165, 1.54) is 0 Å². The molecule has 0 aliphatic carbocycles. The maximum atomic E-state index is 4.26. The molecule has 0 fully saturated rings. The highest BCUT2D eigenvalue weighted by atomic mass is 15.1. The summed E-state index contributed by atoms with van der Waals surface area (Å²) in [5.74, 6) is 0. The van der Waals surface area contributed by atoms with Crippen LogP contribution in [-0.4, -0.2) is 14.5 Å². The molecular formula is C10H15N3. The van der Waals surface area contributed by atoms with Crippen molar-refractivity contribution in [1.29, 1.82) is 0 Å². The van der Waals surface area contributed by atoms with Gasteiger partial charge in [-0.1, -0.05) is 7.43 Å². The maximum absolute atomic E-state index is 4.26. The number of fused-ring (bicyclic) bond motifs is 1. The molecule has 0 aliphatic heterocycles. The van der Waals surface area contributed by atoms with E-state index < -0.39 is 0 Å². The average molecular weight is 177 g/mol. The lowest BCUT2D eigenvalue weighted by molar-refractivity contribution is 0.613. The van der Waals surface area contributed by atoms with Crippen molar-refractivity contribution in [3.63, 3.8) is 0 Å². The molecule has 0 bridgehead atoms. The molecule has 0 amide bonds. The summed E-state index contributed by atoms with van der Waals surface area (Å²) in [5, 5.41) is 0. The Morgan fingerprint density at radius 1 is 1.31 bits per heavy atom. The third-order valence-electron chi connectivity index (χ3n) is 1.89. The van der Waals surface area contributed by atoms with Crippen molar-refractivity contribution >= 4 is 11.2 Å². The predicted octanol–water partition coefficient (Wildman–Crippen LogP) is 2.65. The third-order valence-corrected chi connectivity index (χ3v) is 1.89. The average Bonchev–Trinajstić information content (AvgIpc) is 2.47. The summed E-state index contributed by atoms with van der Waals surface area (Å²) in [4.78, 5) is 8.50. The van der Waals surface area contributed by atoms with Gasteiger partial charge in [0.05, 0.1) is 6.33 Å². The minimum atomic E-state index is 0. The topological polar surface area (TPSA) is 30.7 Å². The molecule has 0 radical (unpaired) electrons. The summed E-state index contributed by atoms with van der Waals surface area (Å²) in [6.45, 7) is 4.24. The minimum absolute atomic E-state index is 0. The van der Waals surface area contributed by atoms with Gasteiger partial charge in [0.1, 0.15) is 5.52 Å². The highest BCUT2D eigenvalue weighted by Crippen LogP contribution is 2.13. The van der Waals surface area contributed by atoms with E-state index >= 15 is 0 Å². The molecular weight excluding hydrogens is 162 g/mol. The standard InChI is InChI=1S/C9H11N3.CH4/c1-7(2)12-6-11-8-4-3-5-10-9(8)12;/h3-7H,1-2H3;1H4. The van der Waals surface area contributed by atoms with E-state index in [0.29, 0.717) is 6.04 Å². The van der Waals surface area contributed by atoms with E-state index in [4.69, 9.17) is 0 Å².